The maximum atomic E-state index is 12.9. The third-order valence-corrected chi connectivity index (χ3v) is 5.28. The molecular weight excluding hydrogens is 319 g/mol. The molecule has 0 saturated heterocycles. The number of halogens is 1. The molecule has 7 heteroatoms. The molecule has 0 spiro atoms. The van der Waals surface area contributed by atoms with Crippen LogP contribution in [0.2, 0.25) is 0 Å². The van der Waals surface area contributed by atoms with Crippen LogP contribution in [0, 0.1) is 5.82 Å². The summed E-state index contributed by atoms with van der Waals surface area (Å²) >= 11 is 0. The number of carbonyl (C=O) groups excluding carboxylic acids is 1. The molecule has 2 aromatic carbocycles. The second-order valence-corrected chi connectivity index (χ2v) is 7.58. The fourth-order valence-electron chi connectivity index (χ4n) is 2.46. The second-order valence-electron chi connectivity index (χ2n) is 5.90. The number of hydrogen-bond acceptors (Lipinski definition) is 3. The van der Waals surface area contributed by atoms with Crippen LogP contribution < -0.4 is 10.0 Å². The molecule has 0 aliphatic carbocycles. The van der Waals surface area contributed by atoms with Crippen molar-refractivity contribution < 1.29 is 17.6 Å². The molecule has 0 unspecified atom stereocenters. The zero-order valence-electron chi connectivity index (χ0n) is 12.6. The molecule has 0 saturated carbocycles. The van der Waals surface area contributed by atoms with Crippen LogP contribution in [0.15, 0.2) is 47.4 Å². The highest BCUT2D eigenvalue weighted by Gasteiger charge is 2.38. The number of nitrogens with one attached hydrogen (secondary N) is 2. The molecule has 1 amide bonds. The molecular formula is C16H15FN2O3S. The summed E-state index contributed by atoms with van der Waals surface area (Å²) in [7, 11) is -3.82. The van der Waals surface area contributed by atoms with E-state index in [0.29, 0.717) is 11.4 Å². The molecule has 0 atom stereocenters. The quantitative estimate of drug-likeness (QED) is 0.906. The van der Waals surface area contributed by atoms with Gasteiger partial charge >= 0.3 is 0 Å². The van der Waals surface area contributed by atoms with Crippen molar-refractivity contribution >= 4 is 27.3 Å². The lowest BCUT2D eigenvalue weighted by Gasteiger charge is -2.16. The van der Waals surface area contributed by atoms with Crippen molar-refractivity contribution in [3.63, 3.8) is 0 Å². The number of anilines is 2. The van der Waals surface area contributed by atoms with Crippen LogP contribution in [0.3, 0.4) is 0 Å². The fraction of sp³-hybridized carbons (Fsp3) is 0.188. The van der Waals surface area contributed by atoms with Crippen LogP contribution in [-0.2, 0) is 20.2 Å². The Morgan fingerprint density at radius 3 is 2.39 bits per heavy atom. The van der Waals surface area contributed by atoms with Crippen LogP contribution >= 0.6 is 0 Å². The molecule has 5 nitrogen and oxygen atoms in total. The minimum atomic E-state index is -3.82. The Balaban J connectivity index is 1.94. The fourth-order valence-corrected chi connectivity index (χ4v) is 3.51. The highest BCUT2D eigenvalue weighted by atomic mass is 32.2. The van der Waals surface area contributed by atoms with Gasteiger partial charge in [0, 0.05) is 11.4 Å². The van der Waals surface area contributed by atoms with E-state index < -0.39 is 21.3 Å². The third-order valence-electron chi connectivity index (χ3n) is 3.88. The summed E-state index contributed by atoms with van der Waals surface area (Å²) in [5.74, 6) is -0.640. The van der Waals surface area contributed by atoms with Gasteiger partial charge in [0.15, 0.2) is 0 Å². The SMILES string of the molecule is CC1(C)C(=O)Nc2ccc(NS(=O)(=O)c3ccc(F)cc3)cc21. The van der Waals surface area contributed by atoms with E-state index in [1.807, 2.05) is 0 Å². The first-order chi connectivity index (χ1) is 10.7. The Labute approximate surface area is 133 Å². The van der Waals surface area contributed by atoms with Crippen molar-refractivity contribution in [2.75, 3.05) is 10.0 Å². The number of carbonyl (C=O) groups is 1. The molecule has 0 fully saturated rings. The average molecular weight is 334 g/mol. The lowest BCUT2D eigenvalue weighted by molar-refractivity contribution is -0.119. The minimum absolute atomic E-state index is 0.0344. The third kappa shape index (κ3) is 2.68. The number of fused-ring (bicyclic) bond motifs is 1. The van der Waals surface area contributed by atoms with Crippen molar-refractivity contribution in [2.24, 2.45) is 0 Å². The van der Waals surface area contributed by atoms with Crippen LogP contribution in [0.4, 0.5) is 15.8 Å². The topological polar surface area (TPSA) is 75.3 Å². The van der Waals surface area contributed by atoms with Crippen molar-refractivity contribution in [2.45, 2.75) is 24.2 Å². The van der Waals surface area contributed by atoms with E-state index in [1.165, 1.54) is 12.1 Å². The predicted octanol–water partition coefficient (Wildman–Crippen LogP) is 2.86. The average Bonchev–Trinajstić information content (AvgIpc) is 2.70. The van der Waals surface area contributed by atoms with E-state index in [2.05, 4.69) is 10.0 Å². The highest BCUT2D eigenvalue weighted by Crippen LogP contribution is 2.38. The maximum absolute atomic E-state index is 12.9. The van der Waals surface area contributed by atoms with E-state index in [1.54, 1.807) is 32.0 Å². The molecule has 0 bridgehead atoms. The molecule has 1 aliphatic rings. The monoisotopic (exact) mass is 334 g/mol. The van der Waals surface area contributed by atoms with Gasteiger partial charge in [-0.25, -0.2) is 12.8 Å². The summed E-state index contributed by atoms with van der Waals surface area (Å²) in [6.45, 7) is 3.54. The van der Waals surface area contributed by atoms with E-state index in [-0.39, 0.29) is 10.8 Å². The lowest BCUT2D eigenvalue weighted by atomic mass is 9.86. The Bertz CT molecular complexity index is 890. The molecule has 2 N–H and O–H groups in total. The zero-order chi connectivity index (χ0) is 16.8. The Hall–Kier alpha value is -2.41. The van der Waals surface area contributed by atoms with Gasteiger partial charge in [0.1, 0.15) is 5.82 Å². The van der Waals surface area contributed by atoms with Gasteiger partial charge < -0.3 is 5.32 Å². The van der Waals surface area contributed by atoms with Crippen LogP contribution in [0.25, 0.3) is 0 Å². The van der Waals surface area contributed by atoms with E-state index in [4.69, 9.17) is 0 Å². The lowest BCUT2D eigenvalue weighted by Crippen LogP contribution is -2.26. The number of sulfonamides is 1. The Kier molecular flexibility index (Phi) is 3.40. The molecule has 1 heterocycles. The van der Waals surface area contributed by atoms with Gasteiger partial charge in [0.05, 0.1) is 10.3 Å². The first kappa shape index (κ1) is 15.5. The molecule has 0 aromatic heterocycles. The normalized spacial score (nSPS) is 15.9. The van der Waals surface area contributed by atoms with Crippen LogP contribution in [0.1, 0.15) is 19.4 Å². The molecule has 0 radical (unpaired) electrons. The summed E-state index contributed by atoms with van der Waals surface area (Å²) in [6.07, 6.45) is 0. The number of rotatable bonds is 3. The van der Waals surface area contributed by atoms with Gasteiger partial charge in [0.25, 0.3) is 10.0 Å². The number of amides is 1. The molecule has 2 aromatic rings. The summed E-state index contributed by atoms with van der Waals surface area (Å²) in [5.41, 5.74) is 1.01. The zero-order valence-corrected chi connectivity index (χ0v) is 13.4. The smallest absolute Gasteiger partial charge is 0.261 e. The molecule has 3 rings (SSSR count). The van der Waals surface area contributed by atoms with Crippen molar-refractivity contribution in [1.82, 2.24) is 0 Å². The second kappa shape index (κ2) is 5.06. The molecule has 120 valence electrons. The van der Waals surface area contributed by atoms with Gasteiger partial charge in [-0.05, 0) is 61.9 Å². The van der Waals surface area contributed by atoms with E-state index in [9.17, 15) is 17.6 Å². The van der Waals surface area contributed by atoms with Crippen molar-refractivity contribution in [1.29, 1.82) is 0 Å². The maximum Gasteiger partial charge on any atom is 0.261 e. The standard InChI is InChI=1S/C16H15FN2O3S/c1-16(2)13-9-11(5-8-14(13)18-15(16)20)19-23(21,22)12-6-3-10(17)4-7-12/h3-9,19H,1-2H3,(H,18,20). The van der Waals surface area contributed by atoms with Gasteiger partial charge in [0.2, 0.25) is 5.91 Å². The molecule has 1 aliphatic heterocycles. The summed E-state index contributed by atoms with van der Waals surface area (Å²) in [5, 5.41) is 2.76. The first-order valence-corrected chi connectivity index (χ1v) is 8.43. The summed E-state index contributed by atoms with van der Waals surface area (Å²) < 4.78 is 40.0. The molecule has 23 heavy (non-hydrogen) atoms. The Morgan fingerprint density at radius 1 is 1.09 bits per heavy atom. The predicted molar refractivity (Wildman–Crippen MR) is 85.3 cm³/mol. The van der Waals surface area contributed by atoms with Crippen LogP contribution in [-0.4, -0.2) is 14.3 Å². The van der Waals surface area contributed by atoms with E-state index >= 15 is 0 Å². The number of benzene rings is 2. The highest BCUT2D eigenvalue weighted by molar-refractivity contribution is 7.92. The first-order valence-electron chi connectivity index (χ1n) is 6.94. The minimum Gasteiger partial charge on any atom is -0.325 e. The number of hydrogen-bond donors (Lipinski definition) is 2. The van der Waals surface area contributed by atoms with Gasteiger partial charge in [-0.3, -0.25) is 9.52 Å². The Morgan fingerprint density at radius 2 is 1.74 bits per heavy atom. The van der Waals surface area contributed by atoms with Crippen molar-refractivity contribution in [3.8, 4) is 0 Å². The van der Waals surface area contributed by atoms with Gasteiger partial charge in [-0.2, -0.15) is 0 Å². The van der Waals surface area contributed by atoms with Gasteiger partial charge in [-0.1, -0.05) is 0 Å². The largest absolute Gasteiger partial charge is 0.325 e. The summed E-state index contributed by atoms with van der Waals surface area (Å²) in [4.78, 5) is 11.9. The summed E-state index contributed by atoms with van der Waals surface area (Å²) in [6, 6.07) is 9.42. The van der Waals surface area contributed by atoms with Crippen LogP contribution in [0.5, 0.6) is 0 Å². The van der Waals surface area contributed by atoms with Crippen molar-refractivity contribution in [3.05, 3.63) is 53.8 Å². The van der Waals surface area contributed by atoms with E-state index in [0.717, 1.165) is 17.7 Å². The van der Waals surface area contributed by atoms with Gasteiger partial charge in [-0.15, -0.1) is 0 Å².